The zero-order valence-corrected chi connectivity index (χ0v) is 12.8. The molecular weight excluding hydrogens is 304 g/mol. The fraction of sp³-hybridized carbons (Fsp3) is 0.400. The third-order valence-corrected chi connectivity index (χ3v) is 4.90. The Bertz CT molecular complexity index is 762. The van der Waals surface area contributed by atoms with Gasteiger partial charge in [-0.1, -0.05) is 23.7 Å². The molecule has 2 N–H and O–H groups in total. The van der Waals surface area contributed by atoms with E-state index in [4.69, 9.17) is 26.8 Å². The van der Waals surface area contributed by atoms with E-state index in [1.54, 1.807) is 24.3 Å². The minimum Gasteiger partial charge on any atom is -0.386 e. The molecule has 1 fully saturated rings. The molecule has 3 rings (SSSR count). The van der Waals surface area contributed by atoms with Gasteiger partial charge in [0.1, 0.15) is 11.3 Å². The van der Waals surface area contributed by atoms with E-state index in [9.17, 15) is 10.5 Å². The lowest BCUT2D eigenvalue weighted by molar-refractivity contribution is -0.230. The van der Waals surface area contributed by atoms with Gasteiger partial charge in [0.2, 0.25) is 0 Å². The van der Waals surface area contributed by atoms with Crippen molar-refractivity contribution in [3.8, 4) is 12.1 Å². The summed E-state index contributed by atoms with van der Waals surface area (Å²) in [5.41, 5.74) is 4.11. The molecule has 1 aliphatic heterocycles. The lowest BCUT2D eigenvalue weighted by Gasteiger charge is -2.29. The number of hydrogen-bond acceptors (Lipinski definition) is 6. The Balaban J connectivity index is 2.26. The Morgan fingerprint density at radius 1 is 1.27 bits per heavy atom. The van der Waals surface area contributed by atoms with E-state index in [1.165, 1.54) is 14.2 Å². The molecule has 0 saturated heterocycles. The van der Waals surface area contributed by atoms with Crippen LogP contribution in [0.5, 0.6) is 0 Å². The highest BCUT2D eigenvalue weighted by Crippen LogP contribution is 2.81. The van der Waals surface area contributed by atoms with Gasteiger partial charge in [0, 0.05) is 25.2 Å². The Labute approximate surface area is 132 Å². The van der Waals surface area contributed by atoms with Crippen LogP contribution in [-0.2, 0) is 9.47 Å². The van der Waals surface area contributed by atoms with Gasteiger partial charge in [-0.2, -0.15) is 10.5 Å². The zero-order valence-electron chi connectivity index (χ0n) is 12.0. The van der Waals surface area contributed by atoms with Crippen LogP contribution in [0.25, 0.3) is 0 Å². The van der Waals surface area contributed by atoms with Crippen molar-refractivity contribution in [1.29, 1.82) is 10.5 Å². The molecule has 0 unspecified atom stereocenters. The van der Waals surface area contributed by atoms with E-state index in [0.717, 1.165) is 5.56 Å². The first-order valence-electron chi connectivity index (χ1n) is 6.53. The van der Waals surface area contributed by atoms with Gasteiger partial charge < -0.3 is 15.2 Å². The number of rotatable bonds is 3. The van der Waals surface area contributed by atoms with E-state index in [2.05, 4.69) is 17.1 Å². The number of hydrogen-bond donors (Lipinski definition) is 1. The molecule has 0 radical (unpaired) electrons. The number of amidine groups is 1. The van der Waals surface area contributed by atoms with Crippen molar-refractivity contribution >= 4 is 17.4 Å². The lowest BCUT2D eigenvalue weighted by atomic mass is 9.93. The Kier molecular flexibility index (Phi) is 2.99. The summed E-state index contributed by atoms with van der Waals surface area (Å²) in [5.74, 6) is -2.08. The van der Waals surface area contributed by atoms with Crippen LogP contribution in [-0.4, -0.2) is 26.0 Å². The molecule has 112 valence electrons. The van der Waals surface area contributed by atoms with Crippen LogP contribution in [0.1, 0.15) is 11.5 Å². The second-order valence-electron chi connectivity index (χ2n) is 5.31. The standard InChI is InChI=1S/C15H13ClN4O2/c1-21-15(22-2)14(8-18)11(9-4-3-5-10(16)6-9)13(14,7-17)12(19)20-15/h3-6,11H,1-2H3,(H2,19,20)/t11-,13+,14+/m1/s1. The van der Waals surface area contributed by atoms with Gasteiger partial charge in [0.15, 0.2) is 5.41 Å². The number of nitrogens with zero attached hydrogens (tertiary/aromatic N) is 3. The fourth-order valence-electron chi connectivity index (χ4n) is 3.71. The van der Waals surface area contributed by atoms with Crippen LogP contribution in [0.3, 0.4) is 0 Å². The fourth-order valence-corrected chi connectivity index (χ4v) is 3.91. The number of halogens is 1. The molecule has 1 aromatic carbocycles. The summed E-state index contributed by atoms with van der Waals surface area (Å²) in [5, 5.41) is 20.1. The summed E-state index contributed by atoms with van der Waals surface area (Å²) in [4.78, 5) is 4.14. The maximum atomic E-state index is 9.86. The van der Waals surface area contributed by atoms with Crippen molar-refractivity contribution in [1.82, 2.24) is 0 Å². The van der Waals surface area contributed by atoms with Crippen molar-refractivity contribution < 1.29 is 9.47 Å². The third-order valence-electron chi connectivity index (χ3n) is 4.66. The zero-order chi connectivity index (χ0) is 16.2. The predicted molar refractivity (Wildman–Crippen MR) is 78.7 cm³/mol. The minimum absolute atomic E-state index is 0.0465. The number of nitrogens with two attached hydrogens (primary N) is 1. The van der Waals surface area contributed by atoms with E-state index in [-0.39, 0.29) is 5.84 Å². The number of benzene rings is 1. The van der Waals surface area contributed by atoms with Crippen LogP contribution in [0.15, 0.2) is 29.3 Å². The van der Waals surface area contributed by atoms with Crippen molar-refractivity contribution in [2.75, 3.05) is 14.2 Å². The van der Waals surface area contributed by atoms with Crippen LogP contribution in [0, 0.1) is 33.5 Å². The van der Waals surface area contributed by atoms with E-state index >= 15 is 0 Å². The van der Waals surface area contributed by atoms with Crippen LogP contribution in [0.4, 0.5) is 0 Å². The molecular formula is C15H13ClN4O2. The van der Waals surface area contributed by atoms with Crippen LogP contribution in [0.2, 0.25) is 5.02 Å². The van der Waals surface area contributed by atoms with Gasteiger partial charge in [0.05, 0.1) is 12.1 Å². The first-order chi connectivity index (χ1) is 10.5. The molecule has 1 aromatic rings. The average Bonchev–Trinajstić information content (AvgIpc) is 3.11. The number of nitriles is 2. The van der Waals surface area contributed by atoms with Gasteiger partial charge in [-0.25, -0.2) is 4.99 Å². The molecule has 0 aromatic heterocycles. The molecule has 1 saturated carbocycles. The summed E-state index contributed by atoms with van der Waals surface area (Å²) in [6, 6.07) is 11.4. The molecule has 1 heterocycles. The topological polar surface area (TPSA) is 104 Å². The molecule has 2 aliphatic rings. The second kappa shape index (κ2) is 4.44. The monoisotopic (exact) mass is 316 g/mol. The highest BCUT2D eigenvalue weighted by atomic mass is 35.5. The van der Waals surface area contributed by atoms with Gasteiger partial charge in [0.25, 0.3) is 5.91 Å². The van der Waals surface area contributed by atoms with E-state index in [1.807, 2.05) is 0 Å². The van der Waals surface area contributed by atoms with Gasteiger partial charge in [-0.3, -0.25) is 0 Å². The highest BCUT2D eigenvalue weighted by molar-refractivity contribution is 6.30. The van der Waals surface area contributed by atoms with Gasteiger partial charge in [-0.15, -0.1) is 0 Å². The van der Waals surface area contributed by atoms with Crippen molar-refractivity contribution in [2.45, 2.75) is 11.8 Å². The summed E-state index contributed by atoms with van der Waals surface area (Å²) in [6.45, 7) is 0. The predicted octanol–water partition coefficient (Wildman–Crippen LogP) is 1.77. The Morgan fingerprint density at radius 2 is 1.95 bits per heavy atom. The first kappa shape index (κ1) is 14.8. The third kappa shape index (κ3) is 1.29. The highest BCUT2D eigenvalue weighted by Gasteiger charge is 2.93. The maximum absolute atomic E-state index is 9.86. The summed E-state index contributed by atoms with van der Waals surface area (Å²) >= 11 is 6.04. The summed E-state index contributed by atoms with van der Waals surface area (Å²) in [6.07, 6.45) is 0. The van der Waals surface area contributed by atoms with Crippen molar-refractivity contribution in [3.63, 3.8) is 0 Å². The molecule has 22 heavy (non-hydrogen) atoms. The molecule has 0 amide bonds. The normalized spacial score (nSPS) is 34.2. The largest absolute Gasteiger partial charge is 0.386 e. The Morgan fingerprint density at radius 3 is 2.45 bits per heavy atom. The molecule has 0 bridgehead atoms. The molecule has 7 heteroatoms. The van der Waals surface area contributed by atoms with Crippen molar-refractivity contribution in [3.05, 3.63) is 34.9 Å². The lowest BCUT2D eigenvalue weighted by Crippen LogP contribution is -2.41. The van der Waals surface area contributed by atoms with Crippen LogP contribution >= 0.6 is 11.6 Å². The first-order valence-corrected chi connectivity index (χ1v) is 6.91. The average molecular weight is 317 g/mol. The second-order valence-corrected chi connectivity index (χ2v) is 5.75. The van der Waals surface area contributed by atoms with E-state index < -0.39 is 22.7 Å². The molecule has 3 atom stereocenters. The van der Waals surface area contributed by atoms with Crippen LogP contribution < -0.4 is 5.73 Å². The number of fused-ring (bicyclic) bond motifs is 1. The Hall–Kier alpha value is -2.12. The number of aliphatic imine (C=N–C) groups is 1. The smallest absolute Gasteiger partial charge is 0.292 e. The molecule has 6 nitrogen and oxygen atoms in total. The molecule has 1 aliphatic carbocycles. The number of ether oxygens (including phenoxy) is 2. The van der Waals surface area contributed by atoms with Gasteiger partial charge >= 0.3 is 0 Å². The van der Waals surface area contributed by atoms with Gasteiger partial charge in [-0.05, 0) is 17.7 Å². The summed E-state index contributed by atoms with van der Waals surface area (Å²) < 4.78 is 10.8. The molecule has 0 spiro atoms. The van der Waals surface area contributed by atoms with Crippen molar-refractivity contribution in [2.24, 2.45) is 21.6 Å². The number of methoxy groups -OCH3 is 2. The SMILES string of the molecule is COC1(OC)N=C(N)[C@]2(C#N)[C@@H](c3cccc(Cl)c3)[C@]12C#N. The summed E-state index contributed by atoms with van der Waals surface area (Å²) in [7, 11) is 2.75. The quantitative estimate of drug-likeness (QED) is 0.856. The maximum Gasteiger partial charge on any atom is 0.292 e. The minimum atomic E-state index is -1.60. The van der Waals surface area contributed by atoms with E-state index in [0.29, 0.717) is 5.02 Å².